The van der Waals surface area contributed by atoms with Crippen molar-refractivity contribution < 1.29 is 9.18 Å². The van der Waals surface area contributed by atoms with Crippen LogP contribution in [0.1, 0.15) is 17.9 Å². The van der Waals surface area contributed by atoms with E-state index in [1.807, 2.05) is 0 Å². The van der Waals surface area contributed by atoms with Gasteiger partial charge >= 0.3 is 0 Å². The Bertz CT molecular complexity index is 591. The smallest absolute Gasteiger partial charge is 0.228 e. The largest absolute Gasteiger partial charge is 0.315 e. The molecule has 0 radical (unpaired) electrons. The molecular weight excluding hydrogens is 290 g/mol. The Labute approximate surface area is 119 Å². The van der Waals surface area contributed by atoms with Gasteiger partial charge in [-0.15, -0.1) is 0 Å². The highest BCUT2D eigenvalue weighted by atomic mass is 35.5. The summed E-state index contributed by atoms with van der Waals surface area (Å²) >= 11 is 10.9. The van der Waals surface area contributed by atoms with Crippen LogP contribution in [0.15, 0.2) is 34.5 Å². The van der Waals surface area contributed by atoms with E-state index in [0.29, 0.717) is 6.42 Å². The molecule has 2 unspecified atom stereocenters. The van der Waals surface area contributed by atoms with Crippen LogP contribution in [0.5, 0.6) is 0 Å². The molecule has 1 aromatic carbocycles. The van der Waals surface area contributed by atoms with Crippen molar-refractivity contribution >= 4 is 29.1 Å². The fourth-order valence-electron chi connectivity index (χ4n) is 1.92. The molecule has 2 atom stereocenters. The molecule has 1 fully saturated rings. The second-order valence-electron chi connectivity index (χ2n) is 4.24. The van der Waals surface area contributed by atoms with Gasteiger partial charge in [0, 0.05) is 5.92 Å². The van der Waals surface area contributed by atoms with Crippen molar-refractivity contribution in [2.24, 2.45) is 5.92 Å². The van der Waals surface area contributed by atoms with Gasteiger partial charge in [-0.05, 0) is 30.0 Å². The van der Waals surface area contributed by atoms with Crippen LogP contribution in [0.25, 0.3) is 0 Å². The summed E-state index contributed by atoms with van der Waals surface area (Å²) in [6.45, 7) is 0. The topological polar surface area (TPSA) is 52.9 Å². The van der Waals surface area contributed by atoms with Gasteiger partial charge in [0.05, 0.1) is 0 Å². The van der Waals surface area contributed by atoms with E-state index in [1.54, 1.807) is 18.2 Å². The molecule has 0 saturated heterocycles. The zero-order chi connectivity index (χ0) is 14.0. The van der Waals surface area contributed by atoms with Crippen molar-refractivity contribution in [3.63, 3.8) is 0 Å². The summed E-state index contributed by atoms with van der Waals surface area (Å²) in [7, 11) is 0. The van der Waals surface area contributed by atoms with Gasteiger partial charge in [-0.1, -0.05) is 35.3 Å². The van der Waals surface area contributed by atoms with Gasteiger partial charge < -0.3 is 5.32 Å². The van der Waals surface area contributed by atoms with Crippen molar-refractivity contribution in [2.75, 3.05) is 0 Å². The summed E-state index contributed by atoms with van der Waals surface area (Å²) in [5.74, 6) is -0.961. The van der Waals surface area contributed by atoms with Crippen molar-refractivity contribution in [3.8, 4) is 6.07 Å². The molecule has 0 aromatic heterocycles. The van der Waals surface area contributed by atoms with Crippen LogP contribution in [0.3, 0.4) is 0 Å². The van der Waals surface area contributed by atoms with Crippen LogP contribution in [0, 0.1) is 23.1 Å². The van der Waals surface area contributed by atoms with E-state index in [4.69, 9.17) is 28.5 Å². The van der Waals surface area contributed by atoms with Gasteiger partial charge in [-0.2, -0.15) is 5.26 Å². The van der Waals surface area contributed by atoms with Gasteiger partial charge in [-0.3, -0.25) is 4.79 Å². The molecule has 1 aliphatic carbocycles. The number of hydrogen-bond acceptors (Lipinski definition) is 2. The number of rotatable bonds is 3. The molecule has 3 nitrogen and oxygen atoms in total. The molecular formula is C13H9Cl2FN2O. The van der Waals surface area contributed by atoms with E-state index < -0.39 is 0 Å². The minimum absolute atomic E-state index is 0.0234. The fraction of sp³-hybridized carbons (Fsp3) is 0.231. The average Bonchev–Trinajstić information content (AvgIpc) is 3.15. The molecule has 0 aliphatic heterocycles. The Morgan fingerprint density at radius 3 is 2.79 bits per heavy atom. The van der Waals surface area contributed by atoms with E-state index >= 15 is 0 Å². The van der Waals surface area contributed by atoms with Gasteiger partial charge in [0.2, 0.25) is 5.91 Å². The van der Waals surface area contributed by atoms with Crippen LogP contribution >= 0.6 is 23.2 Å². The van der Waals surface area contributed by atoms with E-state index in [1.165, 1.54) is 12.1 Å². The lowest BCUT2D eigenvalue weighted by molar-refractivity contribution is -0.121. The maximum atomic E-state index is 13.1. The maximum Gasteiger partial charge on any atom is 0.228 e. The zero-order valence-corrected chi connectivity index (χ0v) is 11.2. The molecule has 98 valence electrons. The quantitative estimate of drug-likeness (QED) is 0.871. The SMILES string of the molecule is N#CC(NC(=O)C1CC1c1cccc(F)c1)=C(Cl)Cl. The van der Waals surface area contributed by atoms with Gasteiger partial charge in [0.15, 0.2) is 5.70 Å². The summed E-state index contributed by atoms with van der Waals surface area (Å²) in [6.07, 6.45) is 0.619. The number of halogens is 3. The maximum absolute atomic E-state index is 13.1. The minimum Gasteiger partial charge on any atom is -0.315 e. The Morgan fingerprint density at radius 2 is 2.21 bits per heavy atom. The second kappa shape index (κ2) is 5.60. The molecule has 0 heterocycles. The normalized spacial score (nSPS) is 20.3. The van der Waals surface area contributed by atoms with Crippen LogP contribution in [-0.2, 0) is 4.79 Å². The third kappa shape index (κ3) is 3.25. The molecule has 1 saturated carbocycles. The average molecular weight is 299 g/mol. The lowest BCUT2D eigenvalue weighted by Gasteiger charge is -2.03. The van der Waals surface area contributed by atoms with Crippen LogP contribution in [-0.4, -0.2) is 5.91 Å². The molecule has 19 heavy (non-hydrogen) atoms. The Hall–Kier alpha value is -1.57. The predicted molar refractivity (Wildman–Crippen MR) is 69.7 cm³/mol. The van der Waals surface area contributed by atoms with Crippen molar-refractivity contribution in [1.82, 2.24) is 5.32 Å². The van der Waals surface area contributed by atoms with E-state index in [-0.39, 0.29) is 33.7 Å². The third-order valence-electron chi connectivity index (χ3n) is 2.95. The summed E-state index contributed by atoms with van der Waals surface area (Å²) < 4.78 is 12.8. The van der Waals surface area contributed by atoms with E-state index in [2.05, 4.69) is 5.32 Å². The molecule has 1 N–H and O–H groups in total. The molecule has 0 spiro atoms. The number of benzene rings is 1. The summed E-state index contributed by atoms with van der Waals surface area (Å²) in [6, 6.07) is 7.84. The molecule has 1 amide bonds. The molecule has 0 bridgehead atoms. The molecule has 1 aromatic rings. The van der Waals surface area contributed by atoms with Crippen molar-refractivity contribution in [3.05, 3.63) is 45.8 Å². The predicted octanol–water partition coefficient (Wildman–Crippen LogP) is 3.22. The van der Waals surface area contributed by atoms with Crippen molar-refractivity contribution in [2.45, 2.75) is 12.3 Å². The first-order chi connectivity index (χ1) is 9.02. The fourth-order valence-corrected chi connectivity index (χ4v) is 2.10. The first-order valence-electron chi connectivity index (χ1n) is 5.54. The Kier molecular flexibility index (Phi) is 4.08. The Morgan fingerprint density at radius 1 is 1.47 bits per heavy atom. The van der Waals surface area contributed by atoms with Crippen molar-refractivity contribution in [1.29, 1.82) is 5.26 Å². The number of nitriles is 1. The van der Waals surface area contributed by atoms with Gasteiger partial charge in [-0.25, -0.2) is 4.39 Å². The highest BCUT2D eigenvalue weighted by Gasteiger charge is 2.44. The first kappa shape index (κ1) is 13.9. The van der Waals surface area contributed by atoms with Crippen LogP contribution < -0.4 is 5.32 Å². The Balaban J connectivity index is 2.02. The minimum atomic E-state index is -0.329. The highest BCUT2D eigenvalue weighted by molar-refractivity contribution is 6.56. The van der Waals surface area contributed by atoms with Gasteiger partial charge in [0.25, 0.3) is 0 Å². The molecule has 6 heteroatoms. The molecule has 2 rings (SSSR count). The first-order valence-corrected chi connectivity index (χ1v) is 6.30. The lowest BCUT2D eigenvalue weighted by Crippen LogP contribution is -2.24. The number of amides is 1. The number of carbonyl (C=O) groups is 1. The molecule has 1 aliphatic rings. The monoisotopic (exact) mass is 298 g/mol. The number of nitrogens with zero attached hydrogens (tertiary/aromatic N) is 1. The van der Waals surface area contributed by atoms with E-state index in [9.17, 15) is 9.18 Å². The van der Waals surface area contributed by atoms with Gasteiger partial charge in [0.1, 0.15) is 16.4 Å². The van der Waals surface area contributed by atoms with E-state index in [0.717, 1.165) is 5.56 Å². The number of hydrogen-bond donors (Lipinski definition) is 1. The lowest BCUT2D eigenvalue weighted by atomic mass is 10.1. The highest BCUT2D eigenvalue weighted by Crippen LogP contribution is 2.47. The summed E-state index contributed by atoms with van der Waals surface area (Å²) in [4.78, 5) is 11.8. The second-order valence-corrected chi connectivity index (χ2v) is 5.19. The standard InChI is InChI=1S/C13H9Cl2FN2O/c14-12(15)11(6-17)18-13(19)10-5-9(10)7-2-1-3-8(16)4-7/h1-4,9-10H,5H2,(H,18,19). The zero-order valence-electron chi connectivity index (χ0n) is 9.66. The summed E-state index contributed by atoms with van der Waals surface area (Å²) in [5, 5.41) is 11.1. The number of carbonyl (C=O) groups excluding carboxylic acids is 1. The van der Waals surface area contributed by atoms with Crippen LogP contribution in [0.2, 0.25) is 0 Å². The third-order valence-corrected chi connectivity index (χ3v) is 3.33. The van der Waals surface area contributed by atoms with Crippen LogP contribution in [0.4, 0.5) is 4.39 Å². The number of allylic oxidation sites excluding steroid dienone is 1. The number of nitrogens with one attached hydrogen (secondary N) is 1. The summed E-state index contributed by atoms with van der Waals surface area (Å²) in [5.41, 5.74) is 0.609.